The number of fused-ring (bicyclic) bond motifs is 11. The molecular formula is C53H50N3+. The number of benzene rings is 5. The van der Waals surface area contributed by atoms with Crippen molar-refractivity contribution in [2.45, 2.75) is 72.3 Å². The Balaban J connectivity index is 1.19. The minimum Gasteiger partial charge on any atom is -0.361 e. The van der Waals surface area contributed by atoms with Crippen molar-refractivity contribution in [3.63, 3.8) is 0 Å². The molecule has 1 aliphatic heterocycles. The van der Waals surface area contributed by atoms with Crippen LogP contribution in [0.1, 0.15) is 79.5 Å². The second-order valence-electron chi connectivity index (χ2n) is 17.5. The number of pyridine rings is 1. The molecule has 0 radical (unpaired) electrons. The topological polar surface area (TPSA) is 11.5 Å². The first-order valence-corrected chi connectivity index (χ1v) is 20.2. The second kappa shape index (κ2) is 12.3. The van der Waals surface area contributed by atoms with Gasteiger partial charge in [-0.1, -0.05) is 118 Å². The van der Waals surface area contributed by atoms with Gasteiger partial charge in [0.2, 0.25) is 11.4 Å². The molecule has 3 heteroatoms. The van der Waals surface area contributed by atoms with Gasteiger partial charge in [0.25, 0.3) is 0 Å². The molecule has 3 nitrogen and oxygen atoms in total. The van der Waals surface area contributed by atoms with E-state index in [-0.39, 0.29) is 17.4 Å². The van der Waals surface area contributed by atoms with E-state index in [0.717, 1.165) is 12.1 Å². The molecule has 0 amide bonds. The van der Waals surface area contributed by atoms with Gasteiger partial charge in [-0.2, -0.15) is 4.57 Å². The summed E-state index contributed by atoms with van der Waals surface area (Å²) in [7, 11) is 2.23. The fourth-order valence-electron chi connectivity index (χ4n) is 10.3. The van der Waals surface area contributed by atoms with Gasteiger partial charge in [-0.15, -0.1) is 0 Å². The molecule has 4 heterocycles. The van der Waals surface area contributed by atoms with Gasteiger partial charge in [-0.05, 0) is 89.9 Å². The molecule has 56 heavy (non-hydrogen) atoms. The van der Waals surface area contributed by atoms with Crippen molar-refractivity contribution in [3.8, 4) is 22.4 Å². The van der Waals surface area contributed by atoms with Crippen LogP contribution in [0.4, 0.5) is 0 Å². The van der Waals surface area contributed by atoms with E-state index in [4.69, 9.17) is 6.58 Å². The fraction of sp³-hybridized carbons (Fsp3) is 0.226. The molecule has 0 fully saturated rings. The van der Waals surface area contributed by atoms with Gasteiger partial charge in [0.05, 0.1) is 22.1 Å². The van der Waals surface area contributed by atoms with Crippen LogP contribution in [0.15, 0.2) is 128 Å². The number of para-hydroxylation sites is 1. The number of hydrogen-bond donors (Lipinski definition) is 0. The number of aryl methyl sites for hydroxylation is 2. The summed E-state index contributed by atoms with van der Waals surface area (Å²) in [5, 5.41) is 5.28. The molecule has 0 bridgehead atoms. The van der Waals surface area contributed by atoms with Gasteiger partial charge in [-0.3, -0.25) is 0 Å². The van der Waals surface area contributed by atoms with Gasteiger partial charge in [0.15, 0.2) is 6.20 Å². The highest BCUT2D eigenvalue weighted by Crippen LogP contribution is 2.47. The summed E-state index contributed by atoms with van der Waals surface area (Å²) in [4.78, 5) is 2.44. The number of rotatable bonds is 4. The summed E-state index contributed by atoms with van der Waals surface area (Å²) in [6, 6.07) is 37.2. The molecule has 5 aromatic carbocycles. The minimum atomic E-state index is -0.0184. The average molecular weight is 729 g/mol. The van der Waals surface area contributed by atoms with E-state index in [0.29, 0.717) is 0 Å². The maximum atomic E-state index is 4.93. The number of likely N-dealkylation sites (N-methyl/N-ethyl adjacent to an activating group) is 1. The summed E-state index contributed by atoms with van der Waals surface area (Å²) < 4.78 is 4.98. The molecule has 3 aromatic heterocycles. The minimum absolute atomic E-state index is 0.0184. The van der Waals surface area contributed by atoms with E-state index in [9.17, 15) is 0 Å². The Morgan fingerprint density at radius 2 is 1.54 bits per heavy atom. The molecule has 0 saturated carbocycles. The third-order valence-corrected chi connectivity index (χ3v) is 13.0. The van der Waals surface area contributed by atoms with Gasteiger partial charge in [0.1, 0.15) is 6.04 Å². The van der Waals surface area contributed by atoms with E-state index in [2.05, 4.69) is 191 Å². The third-order valence-electron chi connectivity index (χ3n) is 13.0. The Bertz CT molecular complexity index is 3010. The first-order chi connectivity index (χ1) is 27.0. The maximum Gasteiger partial charge on any atom is 0.218 e. The first-order valence-electron chi connectivity index (χ1n) is 20.2. The molecule has 0 spiro atoms. The van der Waals surface area contributed by atoms with Crippen LogP contribution >= 0.6 is 0 Å². The molecule has 0 saturated heterocycles. The molecule has 2 aliphatic rings. The van der Waals surface area contributed by atoms with Crippen LogP contribution in [0, 0.1) is 13.8 Å². The predicted octanol–water partition coefficient (Wildman–Crippen LogP) is 12.8. The van der Waals surface area contributed by atoms with Crippen molar-refractivity contribution < 1.29 is 4.57 Å². The molecule has 276 valence electrons. The number of nitrogens with zero attached hydrogens (tertiary/aromatic N) is 3. The first kappa shape index (κ1) is 34.6. The molecule has 1 aliphatic carbocycles. The standard InChI is InChI=1S/C53H50N3/c1-10-11-19-47-40-16-13-12-15-37(40)33(4)50(54(47)9)34(5)55-25-24-36(53(6,7)8)29-48(55)44-30-45-42-18-14-17-41-43-23-22-39-38-21-20-31(2)26-35(38)28-46(39)52(43)56(51(41)42)49(45)27-32(44)3/h10-27,29-30,33,50H,5,28H2,1-4,6-9H3/q+1/b11-10-,47-19-. The SMILES string of the molecule is C=C(C1C(C)c2ccccc2/C(=C/C=C\C)N1C)[n+]1ccc(C(C)(C)C)cc1-c1cc2c3cccc4c5ccc6c(c5n(c2cc1C)c34)Cc1cc(C)ccc1-6. The lowest BCUT2D eigenvalue weighted by Gasteiger charge is -2.41. The quantitative estimate of drug-likeness (QED) is 0.164. The van der Waals surface area contributed by atoms with Gasteiger partial charge in [-0.25, -0.2) is 0 Å². The van der Waals surface area contributed by atoms with Crippen molar-refractivity contribution in [2.24, 2.45) is 0 Å². The monoisotopic (exact) mass is 728 g/mol. The summed E-state index contributed by atoms with van der Waals surface area (Å²) in [6.45, 7) is 20.8. The Morgan fingerprint density at radius 1 is 0.786 bits per heavy atom. The number of aromatic nitrogens is 2. The van der Waals surface area contributed by atoms with Gasteiger partial charge in [0, 0.05) is 64.3 Å². The zero-order chi connectivity index (χ0) is 38.8. The molecular weight excluding hydrogens is 679 g/mol. The summed E-state index contributed by atoms with van der Waals surface area (Å²) in [5.41, 5.74) is 20.8. The normalized spacial score (nSPS) is 17.6. The highest BCUT2D eigenvalue weighted by atomic mass is 15.2. The lowest BCUT2D eigenvalue weighted by molar-refractivity contribution is -0.573. The highest BCUT2D eigenvalue weighted by molar-refractivity contribution is 6.24. The lowest BCUT2D eigenvalue weighted by atomic mass is 9.81. The molecule has 10 rings (SSSR count). The van der Waals surface area contributed by atoms with Gasteiger partial charge >= 0.3 is 0 Å². The van der Waals surface area contributed by atoms with Crippen molar-refractivity contribution in [1.29, 1.82) is 0 Å². The summed E-state index contributed by atoms with van der Waals surface area (Å²) in [5.74, 6) is 0.240. The number of hydrogen-bond acceptors (Lipinski definition) is 1. The van der Waals surface area contributed by atoms with Crippen molar-refractivity contribution in [1.82, 2.24) is 9.30 Å². The van der Waals surface area contributed by atoms with Crippen molar-refractivity contribution in [3.05, 3.63) is 167 Å². The Hall–Kier alpha value is -5.93. The Morgan fingerprint density at radius 3 is 2.32 bits per heavy atom. The van der Waals surface area contributed by atoms with E-state index in [1.54, 1.807) is 0 Å². The van der Waals surface area contributed by atoms with Crippen molar-refractivity contribution >= 4 is 49.5 Å². The van der Waals surface area contributed by atoms with Gasteiger partial charge < -0.3 is 9.30 Å². The van der Waals surface area contributed by atoms with Crippen LogP contribution in [-0.4, -0.2) is 22.4 Å². The van der Waals surface area contributed by atoms with E-state index in [1.807, 2.05) is 0 Å². The summed E-state index contributed by atoms with van der Waals surface area (Å²) in [6.07, 6.45) is 9.75. The van der Waals surface area contributed by atoms with Crippen LogP contribution in [-0.2, 0) is 11.8 Å². The maximum absolute atomic E-state index is 4.93. The van der Waals surface area contributed by atoms with Crippen LogP contribution < -0.4 is 4.57 Å². The highest BCUT2D eigenvalue weighted by Gasteiger charge is 2.40. The van der Waals surface area contributed by atoms with Crippen LogP contribution in [0.5, 0.6) is 0 Å². The lowest BCUT2D eigenvalue weighted by Crippen LogP contribution is -2.49. The van der Waals surface area contributed by atoms with Crippen LogP contribution in [0.2, 0.25) is 0 Å². The zero-order valence-corrected chi connectivity index (χ0v) is 34.0. The fourth-order valence-corrected chi connectivity index (χ4v) is 10.3. The number of allylic oxidation sites excluding steroid dienone is 3. The van der Waals surface area contributed by atoms with E-state index in [1.165, 1.54) is 105 Å². The second-order valence-corrected chi connectivity index (χ2v) is 17.5. The Kier molecular flexibility index (Phi) is 7.58. The molecule has 0 N–H and O–H groups in total. The van der Waals surface area contributed by atoms with E-state index < -0.39 is 0 Å². The predicted molar refractivity (Wildman–Crippen MR) is 238 cm³/mol. The van der Waals surface area contributed by atoms with Crippen molar-refractivity contribution in [2.75, 3.05) is 7.05 Å². The Labute approximate surface area is 330 Å². The molecule has 8 aromatic rings. The zero-order valence-electron chi connectivity index (χ0n) is 34.0. The summed E-state index contributed by atoms with van der Waals surface area (Å²) >= 11 is 0. The smallest absolute Gasteiger partial charge is 0.218 e. The molecule has 2 unspecified atom stereocenters. The van der Waals surface area contributed by atoms with Crippen LogP contribution in [0.3, 0.4) is 0 Å². The third kappa shape index (κ3) is 4.86. The van der Waals surface area contributed by atoms with Crippen LogP contribution in [0.25, 0.3) is 71.9 Å². The molecule has 2 atom stereocenters. The average Bonchev–Trinajstić information content (AvgIpc) is 3.83. The van der Waals surface area contributed by atoms with E-state index >= 15 is 0 Å². The largest absolute Gasteiger partial charge is 0.361 e.